The van der Waals surface area contributed by atoms with Crippen LogP contribution in [0.3, 0.4) is 0 Å². The first-order chi connectivity index (χ1) is 10.5. The van der Waals surface area contributed by atoms with E-state index in [0.717, 1.165) is 25.7 Å². The minimum Gasteiger partial charge on any atom is -0.386 e. The fourth-order valence-corrected chi connectivity index (χ4v) is 5.06. The van der Waals surface area contributed by atoms with E-state index in [1.165, 1.54) is 0 Å². The fourth-order valence-electron chi connectivity index (χ4n) is 5.06. The second kappa shape index (κ2) is 4.44. The van der Waals surface area contributed by atoms with Crippen molar-refractivity contribution < 1.29 is 9.47 Å². The highest BCUT2D eigenvalue weighted by atomic mass is 16.8. The van der Waals surface area contributed by atoms with Crippen molar-refractivity contribution in [2.24, 2.45) is 27.0 Å². The zero-order valence-electron chi connectivity index (χ0n) is 13.3. The molecule has 118 valence electrons. The highest BCUT2D eigenvalue weighted by molar-refractivity contribution is 6.00. The molecular formula is C16H22N4O2. The number of nitrogens with zero attached hydrogens (tertiary/aromatic N) is 3. The van der Waals surface area contributed by atoms with Crippen LogP contribution in [0, 0.1) is 38.9 Å². The van der Waals surface area contributed by atoms with Gasteiger partial charge in [-0.1, -0.05) is 26.7 Å². The van der Waals surface area contributed by atoms with Crippen LogP contribution in [0.15, 0.2) is 4.99 Å². The van der Waals surface area contributed by atoms with Gasteiger partial charge in [-0.15, -0.1) is 0 Å². The molecule has 3 rings (SSSR count). The van der Waals surface area contributed by atoms with Crippen LogP contribution in [-0.4, -0.2) is 24.5 Å². The summed E-state index contributed by atoms with van der Waals surface area (Å²) in [6, 6.07) is 4.73. The molecule has 1 saturated heterocycles. The quantitative estimate of drug-likeness (QED) is 0.856. The van der Waals surface area contributed by atoms with E-state index in [1.54, 1.807) is 0 Å². The van der Waals surface area contributed by atoms with Crippen molar-refractivity contribution in [1.29, 1.82) is 10.5 Å². The molecule has 22 heavy (non-hydrogen) atoms. The fraction of sp³-hybridized carbons (Fsp3) is 0.812. The first-order valence-corrected chi connectivity index (χ1v) is 7.97. The molecule has 0 aromatic rings. The Labute approximate surface area is 130 Å². The topological polar surface area (TPSA) is 104 Å². The molecule has 4 atom stereocenters. The van der Waals surface area contributed by atoms with Crippen molar-refractivity contribution in [3.05, 3.63) is 0 Å². The van der Waals surface area contributed by atoms with Crippen molar-refractivity contribution >= 4 is 5.84 Å². The lowest BCUT2D eigenvalue weighted by molar-refractivity contribution is -0.201. The molecular weight excluding hydrogens is 280 g/mol. The Morgan fingerprint density at radius 3 is 2.32 bits per heavy atom. The highest BCUT2D eigenvalue weighted by Crippen LogP contribution is 2.88. The minimum absolute atomic E-state index is 0.169. The number of amidine groups is 1. The molecule has 0 aromatic heterocycles. The summed E-state index contributed by atoms with van der Waals surface area (Å²) < 4.78 is 11.8. The normalized spacial score (nSPS) is 44.2. The van der Waals surface area contributed by atoms with Gasteiger partial charge in [0.15, 0.2) is 5.41 Å². The number of aliphatic imine (C=N–C) groups is 1. The Bertz CT molecular complexity index is 613. The third-order valence-corrected chi connectivity index (χ3v) is 5.62. The summed E-state index contributed by atoms with van der Waals surface area (Å²) in [6.45, 7) is 6.35. The molecule has 0 aromatic carbocycles. The van der Waals surface area contributed by atoms with Gasteiger partial charge in [0, 0.05) is 5.41 Å². The van der Waals surface area contributed by atoms with Gasteiger partial charge < -0.3 is 15.2 Å². The average Bonchev–Trinajstić information content (AvgIpc) is 2.67. The molecule has 6 heteroatoms. The molecule has 1 saturated carbocycles. The van der Waals surface area contributed by atoms with Crippen LogP contribution in [0.5, 0.6) is 0 Å². The Morgan fingerprint density at radius 2 is 1.91 bits per heavy atom. The molecule has 0 radical (unpaired) electrons. The largest absolute Gasteiger partial charge is 0.386 e. The number of nitrogens with two attached hydrogens (primary N) is 1. The number of fused-ring (bicyclic) bond motifs is 2. The molecule has 0 amide bonds. The van der Waals surface area contributed by atoms with Gasteiger partial charge in [0.25, 0.3) is 5.91 Å². The van der Waals surface area contributed by atoms with Crippen LogP contribution in [0.25, 0.3) is 0 Å². The van der Waals surface area contributed by atoms with E-state index in [9.17, 15) is 10.5 Å². The highest BCUT2D eigenvalue weighted by Gasteiger charge is 3.00. The maximum atomic E-state index is 10.1. The van der Waals surface area contributed by atoms with E-state index in [0.29, 0.717) is 6.61 Å². The number of ether oxygens (including phenoxy) is 2. The van der Waals surface area contributed by atoms with Crippen LogP contribution in [0.2, 0.25) is 0 Å². The molecule has 0 bridgehead atoms. The summed E-state index contributed by atoms with van der Waals surface area (Å²) in [5.74, 6) is -1.21. The average molecular weight is 302 g/mol. The Hall–Kier alpha value is -1.63. The van der Waals surface area contributed by atoms with Gasteiger partial charge in [-0.05, 0) is 19.8 Å². The van der Waals surface area contributed by atoms with E-state index in [-0.39, 0.29) is 11.9 Å². The van der Waals surface area contributed by atoms with Gasteiger partial charge in [-0.3, -0.25) is 0 Å². The molecule has 2 N–H and O–H groups in total. The zero-order chi connectivity index (χ0) is 16.2. The Balaban J connectivity index is 2.22. The first-order valence-electron chi connectivity index (χ1n) is 7.97. The van der Waals surface area contributed by atoms with E-state index in [1.807, 2.05) is 6.92 Å². The van der Waals surface area contributed by atoms with Gasteiger partial charge in [-0.25, -0.2) is 4.99 Å². The third kappa shape index (κ3) is 1.19. The monoisotopic (exact) mass is 302 g/mol. The van der Waals surface area contributed by atoms with Gasteiger partial charge in [0.1, 0.15) is 11.3 Å². The lowest BCUT2D eigenvalue weighted by atomic mass is 9.82. The molecule has 2 heterocycles. The van der Waals surface area contributed by atoms with Crippen molar-refractivity contribution in [3.8, 4) is 12.1 Å². The summed E-state index contributed by atoms with van der Waals surface area (Å²) in [5.41, 5.74) is 3.41. The van der Waals surface area contributed by atoms with E-state index in [2.05, 4.69) is 31.0 Å². The number of nitriles is 2. The predicted molar refractivity (Wildman–Crippen MR) is 79.2 cm³/mol. The molecule has 3 aliphatic rings. The molecule has 2 aliphatic heterocycles. The SMILES string of the molecule is CCCC1(CCC)[C@@]2(C#N)[C@@]3(N=C(N)[C@@]12C#N)OC[C@H](C)O3. The Morgan fingerprint density at radius 1 is 1.27 bits per heavy atom. The predicted octanol–water partition coefficient (Wildman–Crippen LogP) is 2.07. The number of hydrogen-bond acceptors (Lipinski definition) is 6. The Kier molecular flexibility index (Phi) is 3.08. The maximum absolute atomic E-state index is 10.1. The lowest BCUT2D eigenvalue weighted by Gasteiger charge is -2.31. The van der Waals surface area contributed by atoms with Crippen molar-refractivity contribution in [2.75, 3.05) is 6.61 Å². The molecule has 6 nitrogen and oxygen atoms in total. The van der Waals surface area contributed by atoms with Crippen molar-refractivity contribution in [3.63, 3.8) is 0 Å². The second-order valence-corrected chi connectivity index (χ2v) is 6.62. The van der Waals surface area contributed by atoms with Gasteiger partial charge >= 0.3 is 0 Å². The molecule has 1 aliphatic carbocycles. The maximum Gasteiger partial charge on any atom is 0.293 e. The number of hydrogen-bond donors (Lipinski definition) is 1. The standard InChI is InChI=1S/C16H22N4O2/c1-4-6-13(7-5-2)14(9-17)12(19)20-16(15(13,14)10-18)21-8-11(3)22-16/h11H,4-8H2,1-3H3,(H2,19,20)/t11-,14-,15+,16+/m0/s1. The van der Waals surface area contributed by atoms with Crippen LogP contribution < -0.4 is 5.73 Å². The van der Waals surface area contributed by atoms with Gasteiger partial charge in [0.2, 0.25) is 0 Å². The summed E-state index contributed by atoms with van der Waals surface area (Å²) in [5, 5.41) is 20.1. The van der Waals surface area contributed by atoms with Crippen LogP contribution in [-0.2, 0) is 9.47 Å². The first kappa shape index (κ1) is 15.3. The zero-order valence-corrected chi connectivity index (χ0v) is 13.3. The molecule has 1 spiro atoms. The summed E-state index contributed by atoms with van der Waals surface area (Å²) in [7, 11) is 0. The van der Waals surface area contributed by atoms with E-state index in [4.69, 9.17) is 15.2 Å². The van der Waals surface area contributed by atoms with Crippen molar-refractivity contribution in [1.82, 2.24) is 0 Å². The van der Waals surface area contributed by atoms with E-state index < -0.39 is 22.2 Å². The van der Waals surface area contributed by atoms with E-state index >= 15 is 0 Å². The van der Waals surface area contributed by atoms with Gasteiger partial charge in [0.05, 0.1) is 24.8 Å². The molecule has 2 fully saturated rings. The van der Waals surface area contributed by atoms with Crippen LogP contribution >= 0.6 is 0 Å². The van der Waals surface area contributed by atoms with Crippen LogP contribution in [0.4, 0.5) is 0 Å². The summed E-state index contributed by atoms with van der Waals surface area (Å²) in [6.07, 6.45) is 3.04. The van der Waals surface area contributed by atoms with Gasteiger partial charge in [-0.2, -0.15) is 10.5 Å². The minimum atomic E-state index is -1.41. The molecule has 0 unspecified atom stereocenters. The second-order valence-electron chi connectivity index (χ2n) is 6.62. The third-order valence-electron chi connectivity index (χ3n) is 5.62. The smallest absolute Gasteiger partial charge is 0.293 e. The van der Waals surface area contributed by atoms with Crippen molar-refractivity contribution in [2.45, 2.75) is 58.5 Å². The summed E-state index contributed by atoms with van der Waals surface area (Å²) in [4.78, 5) is 4.35. The number of rotatable bonds is 4. The van der Waals surface area contributed by atoms with Crippen LogP contribution in [0.1, 0.15) is 46.5 Å². The lowest BCUT2D eigenvalue weighted by Crippen LogP contribution is -2.42. The summed E-state index contributed by atoms with van der Waals surface area (Å²) >= 11 is 0.